The van der Waals surface area contributed by atoms with Gasteiger partial charge in [-0.25, -0.2) is 0 Å². The van der Waals surface area contributed by atoms with E-state index in [2.05, 4.69) is 34.9 Å². The molecule has 1 aliphatic rings. The molecule has 3 heteroatoms. The van der Waals surface area contributed by atoms with E-state index in [0.29, 0.717) is 12.6 Å². The Bertz CT molecular complexity index is 390. The number of aryl methyl sites for hydroxylation is 1. The molecule has 0 spiro atoms. The quantitative estimate of drug-likeness (QED) is 0.780. The van der Waals surface area contributed by atoms with Gasteiger partial charge in [0, 0.05) is 13.1 Å². The Morgan fingerprint density at radius 3 is 3.00 bits per heavy atom. The molecule has 0 radical (unpaired) electrons. The molecule has 0 fully saturated rings. The van der Waals surface area contributed by atoms with Gasteiger partial charge < -0.3 is 10.6 Å². The molecule has 2 rings (SSSR count). The van der Waals surface area contributed by atoms with Crippen molar-refractivity contribution in [2.75, 3.05) is 13.6 Å². The summed E-state index contributed by atoms with van der Waals surface area (Å²) in [6.45, 7) is 0.398. The number of carbonyl (C=O) groups is 1. The molecular formula is C14H20N2O. The van der Waals surface area contributed by atoms with Crippen molar-refractivity contribution in [3.05, 3.63) is 35.4 Å². The van der Waals surface area contributed by atoms with Crippen LogP contribution in [-0.4, -0.2) is 19.5 Å². The summed E-state index contributed by atoms with van der Waals surface area (Å²) in [4.78, 5) is 11.3. The monoisotopic (exact) mass is 232 g/mol. The number of fused-ring (bicyclic) bond motifs is 1. The van der Waals surface area contributed by atoms with Crippen molar-refractivity contribution in [3.63, 3.8) is 0 Å². The molecule has 2 N–H and O–H groups in total. The van der Waals surface area contributed by atoms with Crippen LogP contribution in [0.1, 0.15) is 36.4 Å². The van der Waals surface area contributed by atoms with Gasteiger partial charge in [0.05, 0.1) is 6.54 Å². The van der Waals surface area contributed by atoms with Crippen LogP contribution in [0.15, 0.2) is 24.3 Å². The molecular weight excluding hydrogens is 212 g/mol. The Morgan fingerprint density at radius 1 is 1.35 bits per heavy atom. The highest BCUT2D eigenvalue weighted by atomic mass is 16.1. The van der Waals surface area contributed by atoms with E-state index in [9.17, 15) is 4.79 Å². The fourth-order valence-corrected chi connectivity index (χ4v) is 2.44. The summed E-state index contributed by atoms with van der Waals surface area (Å²) in [5, 5.41) is 6.00. The van der Waals surface area contributed by atoms with Crippen LogP contribution in [-0.2, 0) is 11.2 Å². The van der Waals surface area contributed by atoms with Crippen molar-refractivity contribution in [1.82, 2.24) is 10.6 Å². The first-order chi connectivity index (χ1) is 8.31. The second kappa shape index (κ2) is 5.82. The van der Waals surface area contributed by atoms with Crippen LogP contribution in [0.5, 0.6) is 0 Å². The van der Waals surface area contributed by atoms with Crippen LogP contribution in [0.25, 0.3) is 0 Å². The minimum Gasteiger partial charge on any atom is -0.358 e. The highest BCUT2D eigenvalue weighted by Gasteiger charge is 2.18. The molecule has 0 saturated heterocycles. The number of benzene rings is 1. The number of rotatable bonds is 3. The zero-order valence-corrected chi connectivity index (χ0v) is 10.3. The van der Waals surface area contributed by atoms with E-state index >= 15 is 0 Å². The lowest BCUT2D eigenvalue weighted by atomic mass is 9.99. The van der Waals surface area contributed by atoms with Gasteiger partial charge in [0.15, 0.2) is 0 Å². The Labute approximate surface area is 103 Å². The standard InChI is InChI=1S/C14H20N2O/c1-15-14(17)10-16-13-9-5-3-7-11-6-2-4-8-12(11)13/h2,4,6,8,13,16H,3,5,7,9-10H2,1H3,(H,15,17). The zero-order valence-electron chi connectivity index (χ0n) is 10.3. The molecule has 1 unspecified atom stereocenters. The third-order valence-corrected chi connectivity index (χ3v) is 3.41. The highest BCUT2D eigenvalue weighted by Crippen LogP contribution is 2.28. The second-order valence-corrected chi connectivity index (χ2v) is 4.55. The second-order valence-electron chi connectivity index (χ2n) is 4.55. The smallest absolute Gasteiger partial charge is 0.233 e. The molecule has 3 nitrogen and oxygen atoms in total. The Morgan fingerprint density at radius 2 is 2.18 bits per heavy atom. The predicted molar refractivity (Wildman–Crippen MR) is 68.8 cm³/mol. The summed E-state index contributed by atoms with van der Waals surface area (Å²) >= 11 is 0. The first-order valence-electron chi connectivity index (χ1n) is 6.33. The minimum atomic E-state index is 0.0479. The maximum Gasteiger partial charge on any atom is 0.233 e. The largest absolute Gasteiger partial charge is 0.358 e. The Kier molecular flexibility index (Phi) is 4.15. The van der Waals surface area contributed by atoms with Gasteiger partial charge in [0.2, 0.25) is 5.91 Å². The summed E-state index contributed by atoms with van der Waals surface area (Å²) in [5.74, 6) is 0.0479. The zero-order chi connectivity index (χ0) is 12.1. The molecule has 17 heavy (non-hydrogen) atoms. The summed E-state index contributed by atoms with van der Waals surface area (Å²) in [6, 6.07) is 8.89. The van der Waals surface area contributed by atoms with Gasteiger partial charge in [-0.05, 0) is 30.4 Å². The van der Waals surface area contributed by atoms with E-state index in [0.717, 1.165) is 12.8 Å². The van der Waals surface area contributed by atoms with Crippen molar-refractivity contribution in [2.24, 2.45) is 0 Å². The fourth-order valence-electron chi connectivity index (χ4n) is 2.44. The van der Waals surface area contributed by atoms with Gasteiger partial charge in [-0.2, -0.15) is 0 Å². The number of carbonyl (C=O) groups excluding carboxylic acids is 1. The predicted octanol–water partition coefficient (Wildman–Crippen LogP) is 1.79. The van der Waals surface area contributed by atoms with Gasteiger partial charge in [0.1, 0.15) is 0 Å². The van der Waals surface area contributed by atoms with Gasteiger partial charge in [-0.3, -0.25) is 4.79 Å². The van der Waals surface area contributed by atoms with E-state index in [1.807, 2.05) is 0 Å². The van der Waals surface area contributed by atoms with Crippen LogP contribution in [0.2, 0.25) is 0 Å². The summed E-state index contributed by atoms with van der Waals surface area (Å²) in [6.07, 6.45) is 4.75. The van der Waals surface area contributed by atoms with E-state index in [1.54, 1.807) is 7.05 Å². The van der Waals surface area contributed by atoms with E-state index in [-0.39, 0.29) is 5.91 Å². The van der Waals surface area contributed by atoms with Crippen LogP contribution in [0, 0.1) is 0 Å². The summed E-state index contributed by atoms with van der Waals surface area (Å²) in [5.41, 5.74) is 2.80. The topological polar surface area (TPSA) is 41.1 Å². The average molecular weight is 232 g/mol. The highest BCUT2D eigenvalue weighted by molar-refractivity contribution is 5.77. The number of likely N-dealkylation sites (N-methyl/N-ethyl adjacent to an activating group) is 1. The lowest BCUT2D eigenvalue weighted by Crippen LogP contribution is -2.33. The molecule has 0 aliphatic heterocycles. The Balaban J connectivity index is 2.09. The third kappa shape index (κ3) is 3.07. The van der Waals surface area contributed by atoms with Crippen molar-refractivity contribution in [3.8, 4) is 0 Å². The van der Waals surface area contributed by atoms with Gasteiger partial charge in [-0.1, -0.05) is 30.7 Å². The first-order valence-corrected chi connectivity index (χ1v) is 6.33. The summed E-state index contributed by atoms with van der Waals surface area (Å²) in [7, 11) is 1.67. The number of nitrogens with one attached hydrogen (secondary N) is 2. The lowest BCUT2D eigenvalue weighted by Gasteiger charge is -2.18. The van der Waals surface area contributed by atoms with Crippen molar-refractivity contribution >= 4 is 5.91 Å². The van der Waals surface area contributed by atoms with E-state index in [1.165, 1.54) is 24.0 Å². The number of hydrogen-bond acceptors (Lipinski definition) is 2. The number of hydrogen-bond donors (Lipinski definition) is 2. The maximum absolute atomic E-state index is 11.3. The van der Waals surface area contributed by atoms with Gasteiger partial charge >= 0.3 is 0 Å². The molecule has 92 valence electrons. The van der Waals surface area contributed by atoms with Gasteiger partial charge in [-0.15, -0.1) is 0 Å². The van der Waals surface area contributed by atoms with Crippen LogP contribution in [0.3, 0.4) is 0 Å². The van der Waals surface area contributed by atoms with Crippen LogP contribution in [0.4, 0.5) is 0 Å². The van der Waals surface area contributed by atoms with Gasteiger partial charge in [0.25, 0.3) is 0 Å². The minimum absolute atomic E-state index is 0.0479. The molecule has 1 aliphatic carbocycles. The van der Waals surface area contributed by atoms with Crippen molar-refractivity contribution < 1.29 is 4.79 Å². The molecule has 1 aromatic carbocycles. The SMILES string of the molecule is CNC(=O)CNC1CCCCc2ccccc21. The first kappa shape index (κ1) is 12.1. The maximum atomic E-state index is 11.3. The van der Waals surface area contributed by atoms with Crippen molar-refractivity contribution in [2.45, 2.75) is 31.7 Å². The summed E-state index contributed by atoms with van der Waals surface area (Å²) < 4.78 is 0. The van der Waals surface area contributed by atoms with Crippen molar-refractivity contribution in [1.29, 1.82) is 0 Å². The van der Waals surface area contributed by atoms with Crippen LogP contribution < -0.4 is 10.6 Å². The number of amides is 1. The molecule has 1 amide bonds. The molecule has 0 aromatic heterocycles. The lowest BCUT2D eigenvalue weighted by molar-refractivity contribution is -0.119. The fraction of sp³-hybridized carbons (Fsp3) is 0.500. The van der Waals surface area contributed by atoms with E-state index < -0.39 is 0 Å². The Hall–Kier alpha value is -1.35. The molecule has 1 aromatic rings. The molecule has 1 atom stereocenters. The van der Waals surface area contributed by atoms with Crippen LogP contribution >= 0.6 is 0 Å². The molecule has 0 saturated carbocycles. The molecule has 0 bridgehead atoms. The molecule has 0 heterocycles. The third-order valence-electron chi connectivity index (χ3n) is 3.41. The van der Waals surface area contributed by atoms with E-state index in [4.69, 9.17) is 0 Å². The average Bonchev–Trinajstić information content (AvgIpc) is 2.58. The normalized spacial score (nSPS) is 19.2.